The van der Waals surface area contributed by atoms with E-state index in [0.29, 0.717) is 5.71 Å². The third-order valence-corrected chi connectivity index (χ3v) is 4.54. The Bertz CT molecular complexity index is 1090. The number of oxime groups is 1. The van der Waals surface area contributed by atoms with E-state index in [0.717, 1.165) is 33.4 Å². The van der Waals surface area contributed by atoms with E-state index in [9.17, 15) is 10.3 Å². The van der Waals surface area contributed by atoms with Crippen LogP contribution in [-0.4, -0.2) is 20.6 Å². The molecule has 0 atom stereocenters. The third kappa shape index (κ3) is 2.52. The molecule has 4 heteroatoms. The van der Waals surface area contributed by atoms with Crippen LogP contribution in [0.15, 0.2) is 84.0 Å². The minimum Gasteiger partial charge on any atom is -0.508 e. The van der Waals surface area contributed by atoms with E-state index in [1.807, 2.05) is 66.7 Å². The number of benzene rings is 3. The average molecular weight is 342 g/mol. The first-order valence-corrected chi connectivity index (χ1v) is 8.38. The molecule has 0 unspecified atom stereocenters. The molecule has 1 aromatic heterocycles. The maximum Gasteiger partial charge on any atom is 0.115 e. The lowest BCUT2D eigenvalue weighted by molar-refractivity contribution is 0.319. The summed E-state index contributed by atoms with van der Waals surface area (Å²) in [5.41, 5.74) is 5.35. The minimum absolute atomic E-state index is 0.222. The van der Waals surface area contributed by atoms with E-state index in [4.69, 9.17) is 0 Å². The van der Waals surface area contributed by atoms with Gasteiger partial charge < -0.3 is 14.9 Å². The molecular formula is C22H18N2O2. The second kappa shape index (κ2) is 6.41. The molecule has 3 aromatic carbocycles. The fourth-order valence-electron chi connectivity index (χ4n) is 3.40. The summed E-state index contributed by atoms with van der Waals surface area (Å²) in [6.07, 6.45) is 0. The highest BCUT2D eigenvalue weighted by Gasteiger charge is 2.21. The molecule has 0 aliphatic heterocycles. The number of hydrogen-bond donors (Lipinski definition) is 2. The Kier molecular flexibility index (Phi) is 3.93. The van der Waals surface area contributed by atoms with Gasteiger partial charge in [-0.05, 0) is 42.8 Å². The monoisotopic (exact) mass is 342 g/mol. The van der Waals surface area contributed by atoms with Gasteiger partial charge in [0.25, 0.3) is 0 Å². The summed E-state index contributed by atoms with van der Waals surface area (Å²) in [6.45, 7) is 1.80. The molecule has 26 heavy (non-hydrogen) atoms. The number of aromatic hydroxyl groups is 1. The molecule has 0 radical (unpaired) electrons. The van der Waals surface area contributed by atoms with Crippen molar-refractivity contribution in [2.45, 2.75) is 6.92 Å². The quantitative estimate of drug-likeness (QED) is 0.305. The molecule has 2 N–H and O–H groups in total. The van der Waals surface area contributed by atoms with Crippen molar-refractivity contribution in [3.8, 4) is 22.7 Å². The van der Waals surface area contributed by atoms with Gasteiger partial charge in [0.05, 0.1) is 16.9 Å². The number of phenolic OH excluding ortho intramolecular Hbond substituents is 1. The van der Waals surface area contributed by atoms with Crippen molar-refractivity contribution in [3.63, 3.8) is 0 Å². The number of para-hydroxylation sites is 1. The summed E-state index contributed by atoms with van der Waals surface area (Å²) in [5.74, 6) is 0.222. The first-order chi connectivity index (χ1) is 12.7. The molecule has 0 aliphatic carbocycles. The zero-order valence-corrected chi connectivity index (χ0v) is 14.3. The fourth-order valence-corrected chi connectivity index (χ4v) is 3.40. The van der Waals surface area contributed by atoms with Crippen molar-refractivity contribution in [1.29, 1.82) is 0 Å². The van der Waals surface area contributed by atoms with Crippen molar-refractivity contribution in [1.82, 2.24) is 4.57 Å². The van der Waals surface area contributed by atoms with Crippen LogP contribution in [-0.2, 0) is 0 Å². The number of aromatic nitrogens is 1. The molecule has 4 nitrogen and oxygen atoms in total. The second-order valence-electron chi connectivity index (χ2n) is 6.14. The lowest BCUT2D eigenvalue weighted by Gasteiger charge is -2.13. The van der Waals surface area contributed by atoms with E-state index in [1.165, 1.54) is 0 Å². The molecular weight excluding hydrogens is 324 g/mol. The molecule has 4 aromatic rings. The zero-order valence-electron chi connectivity index (χ0n) is 14.3. The first kappa shape index (κ1) is 16.0. The highest BCUT2D eigenvalue weighted by Crippen LogP contribution is 2.37. The molecule has 1 heterocycles. The zero-order chi connectivity index (χ0) is 18.1. The van der Waals surface area contributed by atoms with Crippen molar-refractivity contribution in [2.24, 2.45) is 5.16 Å². The van der Waals surface area contributed by atoms with Crippen LogP contribution in [0.2, 0.25) is 0 Å². The summed E-state index contributed by atoms with van der Waals surface area (Å²) < 4.78 is 2.13. The van der Waals surface area contributed by atoms with E-state index < -0.39 is 0 Å². The van der Waals surface area contributed by atoms with Crippen LogP contribution in [0, 0.1) is 0 Å². The van der Waals surface area contributed by atoms with Gasteiger partial charge in [-0.3, -0.25) is 0 Å². The predicted octanol–water partition coefficient (Wildman–Crippen LogP) is 5.20. The van der Waals surface area contributed by atoms with Gasteiger partial charge in [0.1, 0.15) is 5.75 Å². The molecule has 0 saturated heterocycles. The molecule has 0 amide bonds. The Labute approximate surface area is 151 Å². The Hall–Kier alpha value is -3.53. The van der Waals surface area contributed by atoms with Crippen molar-refractivity contribution in [2.75, 3.05) is 0 Å². The number of hydrogen-bond acceptors (Lipinski definition) is 3. The summed E-state index contributed by atoms with van der Waals surface area (Å²) in [6, 6.07) is 25.2. The Balaban J connectivity index is 2.17. The largest absolute Gasteiger partial charge is 0.508 e. The maximum atomic E-state index is 9.67. The van der Waals surface area contributed by atoms with Crippen LogP contribution < -0.4 is 0 Å². The molecule has 0 bridgehead atoms. The van der Waals surface area contributed by atoms with Crippen LogP contribution in [0.25, 0.3) is 27.8 Å². The van der Waals surface area contributed by atoms with Gasteiger partial charge in [-0.2, -0.15) is 0 Å². The number of fused-ring (bicyclic) bond motifs is 1. The SMILES string of the molecule is CC(=NO)c1c(-c2ccccc2)n(-c2ccc(O)cc2)c2ccccc12. The summed E-state index contributed by atoms with van der Waals surface area (Å²) in [7, 11) is 0. The Morgan fingerprint density at radius 3 is 2.19 bits per heavy atom. The molecule has 128 valence electrons. The number of phenols is 1. The van der Waals surface area contributed by atoms with Crippen molar-refractivity contribution in [3.05, 3.63) is 84.4 Å². The van der Waals surface area contributed by atoms with Gasteiger partial charge in [0.15, 0.2) is 0 Å². The van der Waals surface area contributed by atoms with Gasteiger partial charge in [-0.15, -0.1) is 0 Å². The highest BCUT2D eigenvalue weighted by molar-refractivity contribution is 6.15. The number of rotatable bonds is 3. The molecule has 0 aliphatic rings. The van der Waals surface area contributed by atoms with Gasteiger partial charge in [0, 0.05) is 16.6 Å². The van der Waals surface area contributed by atoms with Crippen LogP contribution in [0.1, 0.15) is 12.5 Å². The second-order valence-corrected chi connectivity index (χ2v) is 6.14. The lowest BCUT2D eigenvalue weighted by Crippen LogP contribution is -2.01. The van der Waals surface area contributed by atoms with E-state index in [2.05, 4.69) is 9.72 Å². The van der Waals surface area contributed by atoms with Crippen molar-refractivity contribution >= 4 is 16.6 Å². The van der Waals surface area contributed by atoms with E-state index >= 15 is 0 Å². The molecule has 0 fully saturated rings. The lowest BCUT2D eigenvalue weighted by atomic mass is 10.0. The minimum atomic E-state index is 0.222. The summed E-state index contributed by atoms with van der Waals surface area (Å²) >= 11 is 0. The van der Waals surface area contributed by atoms with Crippen LogP contribution in [0.4, 0.5) is 0 Å². The first-order valence-electron chi connectivity index (χ1n) is 8.38. The van der Waals surface area contributed by atoms with Crippen LogP contribution in [0.5, 0.6) is 5.75 Å². The molecule has 4 rings (SSSR count). The number of nitrogens with zero attached hydrogens (tertiary/aromatic N) is 2. The predicted molar refractivity (Wildman–Crippen MR) is 104 cm³/mol. The normalized spacial score (nSPS) is 11.8. The van der Waals surface area contributed by atoms with Gasteiger partial charge >= 0.3 is 0 Å². The van der Waals surface area contributed by atoms with Crippen molar-refractivity contribution < 1.29 is 10.3 Å². The fraction of sp³-hybridized carbons (Fsp3) is 0.0455. The summed E-state index contributed by atoms with van der Waals surface area (Å²) in [4.78, 5) is 0. The molecule has 0 saturated carbocycles. The van der Waals surface area contributed by atoms with Gasteiger partial charge in [0.2, 0.25) is 0 Å². The molecule has 0 spiro atoms. The highest BCUT2D eigenvalue weighted by atomic mass is 16.4. The maximum absolute atomic E-state index is 9.67. The van der Waals surface area contributed by atoms with Crippen LogP contribution >= 0.6 is 0 Å². The van der Waals surface area contributed by atoms with Gasteiger partial charge in [-0.25, -0.2) is 0 Å². The summed E-state index contributed by atoms with van der Waals surface area (Å²) in [5, 5.41) is 23.6. The smallest absolute Gasteiger partial charge is 0.115 e. The van der Waals surface area contributed by atoms with E-state index in [1.54, 1.807) is 19.1 Å². The van der Waals surface area contributed by atoms with Gasteiger partial charge in [-0.1, -0.05) is 53.7 Å². The Morgan fingerprint density at radius 2 is 1.50 bits per heavy atom. The topological polar surface area (TPSA) is 57.8 Å². The standard InChI is InChI=1S/C22H18N2O2/c1-15(23-26)21-19-9-5-6-10-20(19)24(17-11-13-18(25)14-12-17)22(21)16-7-3-2-4-8-16/h2-14,25-26H,1H3. The third-order valence-electron chi connectivity index (χ3n) is 4.54. The average Bonchev–Trinajstić information content (AvgIpc) is 3.04. The Morgan fingerprint density at radius 1 is 0.846 bits per heavy atom. The van der Waals surface area contributed by atoms with Crippen LogP contribution in [0.3, 0.4) is 0 Å². The van der Waals surface area contributed by atoms with E-state index in [-0.39, 0.29) is 5.75 Å².